The van der Waals surface area contributed by atoms with Crippen LogP contribution in [0.15, 0.2) is 90.0 Å². The first kappa shape index (κ1) is 20.3. The molecule has 0 unspecified atom stereocenters. The number of anilines is 2. The Bertz CT molecular complexity index is 1260. The summed E-state index contributed by atoms with van der Waals surface area (Å²) in [5.41, 5.74) is 2.57. The summed E-state index contributed by atoms with van der Waals surface area (Å²) in [5, 5.41) is 4.42. The molecule has 3 aromatic carbocycles. The molecule has 2 N–H and O–H groups in total. The summed E-state index contributed by atoms with van der Waals surface area (Å²) in [5.74, 6) is -0.622. The SMILES string of the molecule is O=C(c1ccc(NSc2cccc3cccnc23)c(F)c1)N1CC(Nc2ccccc2)C1. The predicted molar refractivity (Wildman–Crippen MR) is 127 cm³/mol. The minimum Gasteiger partial charge on any atom is -0.379 e. The van der Waals surface area contributed by atoms with Gasteiger partial charge >= 0.3 is 0 Å². The van der Waals surface area contributed by atoms with E-state index < -0.39 is 5.82 Å². The van der Waals surface area contributed by atoms with Crippen LogP contribution >= 0.6 is 11.9 Å². The molecular formula is C25H21FN4OS. The standard InChI is InChI=1S/C25H21FN4OS/c26-21-14-18(25(31)30-15-20(16-30)28-19-8-2-1-3-9-19)11-12-22(21)29-32-23-10-4-6-17-7-5-13-27-24(17)23/h1-14,20,28-29H,15-16H2. The van der Waals surface area contributed by atoms with Crippen LogP contribution in [0.4, 0.5) is 15.8 Å². The Morgan fingerprint density at radius 2 is 1.81 bits per heavy atom. The van der Waals surface area contributed by atoms with Gasteiger partial charge < -0.3 is 14.9 Å². The number of rotatable bonds is 6. The Morgan fingerprint density at radius 3 is 2.62 bits per heavy atom. The lowest BCUT2D eigenvalue weighted by molar-refractivity contribution is 0.0625. The molecule has 160 valence electrons. The molecule has 0 aliphatic carbocycles. The number of amides is 1. The van der Waals surface area contributed by atoms with Crippen LogP contribution in [0.25, 0.3) is 10.9 Å². The van der Waals surface area contributed by atoms with E-state index in [4.69, 9.17) is 0 Å². The molecule has 5 rings (SSSR count). The van der Waals surface area contributed by atoms with E-state index in [0.29, 0.717) is 24.3 Å². The maximum atomic E-state index is 14.7. The number of likely N-dealkylation sites (tertiary alicyclic amines) is 1. The van der Waals surface area contributed by atoms with E-state index in [9.17, 15) is 9.18 Å². The average molecular weight is 445 g/mol. The number of pyridine rings is 1. The molecular weight excluding hydrogens is 423 g/mol. The van der Waals surface area contributed by atoms with Gasteiger partial charge in [0, 0.05) is 35.9 Å². The van der Waals surface area contributed by atoms with Crippen LogP contribution < -0.4 is 10.0 Å². The van der Waals surface area contributed by atoms with Crippen LogP contribution in [-0.4, -0.2) is 34.9 Å². The second kappa shape index (κ2) is 8.88. The first-order chi connectivity index (χ1) is 15.7. The van der Waals surface area contributed by atoms with Gasteiger partial charge in [-0.3, -0.25) is 9.78 Å². The number of carbonyl (C=O) groups excluding carboxylic acids is 1. The fraction of sp³-hybridized carbons (Fsp3) is 0.120. The van der Waals surface area contributed by atoms with Crippen LogP contribution in [0.5, 0.6) is 0 Å². The van der Waals surface area contributed by atoms with Crippen molar-refractivity contribution in [1.29, 1.82) is 0 Å². The highest BCUT2D eigenvalue weighted by Crippen LogP contribution is 2.29. The molecule has 0 radical (unpaired) electrons. The number of nitrogens with one attached hydrogen (secondary N) is 2. The van der Waals surface area contributed by atoms with Gasteiger partial charge in [0.15, 0.2) is 0 Å². The van der Waals surface area contributed by atoms with Gasteiger partial charge in [-0.05, 0) is 54.4 Å². The van der Waals surface area contributed by atoms with Gasteiger partial charge in [0.1, 0.15) is 5.82 Å². The van der Waals surface area contributed by atoms with Crippen molar-refractivity contribution in [1.82, 2.24) is 9.88 Å². The van der Waals surface area contributed by atoms with E-state index in [1.807, 2.05) is 60.7 Å². The Kier molecular flexibility index (Phi) is 5.64. The highest BCUT2D eigenvalue weighted by Gasteiger charge is 2.31. The number of benzene rings is 3. The van der Waals surface area contributed by atoms with E-state index in [1.54, 1.807) is 23.2 Å². The average Bonchev–Trinajstić information content (AvgIpc) is 2.80. The van der Waals surface area contributed by atoms with Gasteiger partial charge in [0.05, 0.1) is 22.1 Å². The summed E-state index contributed by atoms with van der Waals surface area (Å²) in [7, 11) is 0. The molecule has 0 saturated carbocycles. The zero-order chi connectivity index (χ0) is 21.9. The molecule has 1 fully saturated rings. The lowest BCUT2D eigenvalue weighted by Crippen LogP contribution is -2.57. The van der Waals surface area contributed by atoms with E-state index in [-0.39, 0.29) is 11.9 Å². The molecule has 1 amide bonds. The van der Waals surface area contributed by atoms with E-state index in [2.05, 4.69) is 15.0 Å². The molecule has 2 heterocycles. The zero-order valence-corrected chi connectivity index (χ0v) is 18.0. The summed E-state index contributed by atoms with van der Waals surface area (Å²) in [4.78, 5) is 19.7. The summed E-state index contributed by atoms with van der Waals surface area (Å²) >= 11 is 1.30. The number of nitrogens with zero attached hydrogens (tertiary/aromatic N) is 2. The monoisotopic (exact) mass is 444 g/mol. The molecule has 0 bridgehead atoms. The molecule has 0 atom stereocenters. The van der Waals surface area contributed by atoms with Crippen molar-refractivity contribution < 1.29 is 9.18 Å². The van der Waals surface area contributed by atoms with E-state index >= 15 is 0 Å². The van der Waals surface area contributed by atoms with Gasteiger partial charge in [-0.15, -0.1) is 0 Å². The third kappa shape index (κ3) is 4.24. The number of hydrogen-bond donors (Lipinski definition) is 2. The van der Waals surface area contributed by atoms with Crippen molar-refractivity contribution in [2.24, 2.45) is 0 Å². The Labute approximate surface area is 189 Å². The van der Waals surface area contributed by atoms with Gasteiger partial charge in [0.25, 0.3) is 5.91 Å². The van der Waals surface area contributed by atoms with Crippen molar-refractivity contribution >= 4 is 40.1 Å². The normalized spacial score (nSPS) is 13.6. The van der Waals surface area contributed by atoms with Crippen LogP contribution in [0.3, 0.4) is 0 Å². The number of para-hydroxylation sites is 2. The summed E-state index contributed by atoms with van der Waals surface area (Å²) < 4.78 is 17.7. The third-order valence-corrected chi connectivity index (χ3v) is 6.27. The number of carbonyl (C=O) groups is 1. The third-order valence-electron chi connectivity index (χ3n) is 5.40. The maximum Gasteiger partial charge on any atom is 0.254 e. The lowest BCUT2D eigenvalue weighted by Gasteiger charge is -2.40. The molecule has 7 heteroatoms. The number of fused-ring (bicyclic) bond motifs is 1. The van der Waals surface area contributed by atoms with Crippen molar-refractivity contribution in [3.05, 3.63) is 96.4 Å². The zero-order valence-electron chi connectivity index (χ0n) is 17.2. The maximum absolute atomic E-state index is 14.7. The van der Waals surface area contributed by atoms with E-state index in [1.165, 1.54) is 18.0 Å². The van der Waals surface area contributed by atoms with Crippen molar-refractivity contribution in [2.75, 3.05) is 23.1 Å². The Morgan fingerprint density at radius 1 is 1.00 bits per heavy atom. The largest absolute Gasteiger partial charge is 0.379 e. The second-order valence-corrected chi connectivity index (χ2v) is 8.50. The fourth-order valence-electron chi connectivity index (χ4n) is 3.69. The second-order valence-electron chi connectivity index (χ2n) is 7.65. The smallest absolute Gasteiger partial charge is 0.254 e. The molecule has 0 spiro atoms. The van der Waals surface area contributed by atoms with Gasteiger partial charge in [0.2, 0.25) is 0 Å². The minimum absolute atomic E-state index is 0.160. The molecule has 1 aliphatic heterocycles. The van der Waals surface area contributed by atoms with Crippen molar-refractivity contribution in [3.8, 4) is 0 Å². The summed E-state index contributed by atoms with van der Waals surface area (Å²) in [6.45, 7) is 1.19. The number of hydrogen-bond acceptors (Lipinski definition) is 5. The molecule has 32 heavy (non-hydrogen) atoms. The molecule has 1 aromatic heterocycles. The van der Waals surface area contributed by atoms with Crippen LogP contribution in [0.2, 0.25) is 0 Å². The quantitative estimate of drug-likeness (QED) is 0.389. The van der Waals surface area contributed by atoms with Crippen molar-refractivity contribution in [2.45, 2.75) is 10.9 Å². The molecule has 5 nitrogen and oxygen atoms in total. The fourth-order valence-corrected chi connectivity index (χ4v) is 4.49. The first-order valence-corrected chi connectivity index (χ1v) is 11.2. The molecule has 1 saturated heterocycles. The van der Waals surface area contributed by atoms with E-state index in [0.717, 1.165) is 21.5 Å². The minimum atomic E-state index is -0.462. The van der Waals surface area contributed by atoms with Crippen LogP contribution in [0.1, 0.15) is 10.4 Å². The Hall–Kier alpha value is -3.58. The highest BCUT2D eigenvalue weighted by atomic mass is 32.2. The van der Waals surface area contributed by atoms with Gasteiger partial charge in [-0.2, -0.15) is 0 Å². The summed E-state index contributed by atoms with van der Waals surface area (Å²) in [6, 6.07) is 24.4. The first-order valence-electron chi connectivity index (χ1n) is 10.3. The predicted octanol–water partition coefficient (Wildman–Crippen LogP) is 5.43. The van der Waals surface area contributed by atoms with Crippen molar-refractivity contribution in [3.63, 3.8) is 0 Å². The Balaban J connectivity index is 1.20. The number of aromatic nitrogens is 1. The van der Waals surface area contributed by atoms with Gasteiger partial charge in [-0.1, -0.05) is 36.4 Å². The molecule has 1 aliphatic rings. The lowest BCUT2D eigenvalue weighted by atomic mass is 10.1. The van der Waals surface area contributed by atoms with Gasteiger partial charge in [-0.25, -0.2) is 4.39 Å². The molecule has 4 aromatic rings. The number of halogens is 1. The topological polar surface area (TPSA) is 57.3 Å². The highest BCUT2D eigenvalue weighted by molar-refractivity contribution is 8.00. The van der Waals surface area contributed by atoms with Crippen LogP contribution in [0, 0.1) is 5.82 Å². The van der Waals surface area contributed by atoms with Crippen LogP contribution in [-0.2, 0) is 0 Å². The summed E-state index contributed by atoms with van der Waals surface area (Å²) in [6.07, 6.45) is 1.74.